The molecule has 0 aromatic carbocycles. The largest absolute Gasteiger partial charge is 1.00 e. The van der Waals surface area contributed by atoms with E-state index in [9.17, 15) is 17.7 Å². The zero-order valence-corrected chi connectivity index (χ0v) is 17.7. The van der Waals surface area contributed by atoms with Crippen molar-refractivity contribution in [3.63, 3.8) is 0 Å². The highest BCUT2D eigenvalue weighted by molar-refractivity contribution is 6.33. The van der Waals surface area contributed by atoms with E-state index in [1.54, 1.807) is 0 Å². The van der Waals surface area contributed by atoms with Crippen molar-refractivity contribution >= 4 is 19.3 Å². The van der Waals surface area contributed by atoms with Gasteiger partial charge in [-0.1, -0.05) is 0 Å². The first-order valence-corrected chi connectivity index (χ1v) is 9.90. The summed E-state index contributed by atoms with van der Waals surface area (Å²) in [5.74, 6) is 1.18. The third-order valence-corrected chi connectivity index (χ3v) is 3.78. The van der Waals surface area contributed by atoms with E-state index in [4.69, 9.17) is 4.74 Å². The van der Waals surface area contributed by atoms with Gasteiger partial charge in [-0.15, -0.1) is 0 Å². The average molecular weight is 416 g/mol. The van der Waals surface area contributed by atoms with Gasteiger partial charge < -0.3 is 19.1 Å². The molecule has 2 heterocycles. The Morgan fingerprint density at radius 3 is 1.79 bits per heavy atom. The summed E-state index contributed by atoms with van der Waals surface area (Å²) in [5.41, 5.74) is 0. The van der Waals surface area contributed by atoms with Crippen LogP contribution in [0.15, 0.2) is 4.99 Å². The molecule has 1 amide bonds. The topological polar surface area (TPSA) is 53.4 Å². The summed E-state index contributed by atoms with van der Waals surface area (Å²) in [6.45, 7) is 14.4. The second kappa shape index (κ2) is 23.7. The molecule has 0 aromatic heterocycles. The number of carbonyl (C=O) groups excluding carboxylic acids is 1. The predicted molar refractivity (Wildman–Crippen MR) is 106 cm³/mol. The van der Waals surface area contributed by atoms with Crippen LogP contribution in [0.4, 0.5) is 12.9 Å². The number of ether oxygens (including phenoxy) is 1. The van der Waals surface area contributed by atoms with Gasteiger partial charge in [0.05, 0.1) is 6.61 Å². The Morgan fingerprint density at radius 1 is 1.00 bits per heavy atom. The Bertz CT molecular complexity index is 358. The Hall–Kier alpha value is -1.32. The standard InChI is InChI=1S/C7H13NO.C6H15O.C5H9NO.BF3.FH/c1-2-9-7-5-3-4-6-8-7;1-4-7(5-2)6-3;7-5-3-1-2-4-6-5;2-1(3)4;/h2-6H2,1H3;4-6H2,1-3H3;1-4H2,(H,6,7);;1H/q;+1;;;/p-1. The van der Waals surface area contributed by atoms with Gasteiger partial charge in [-0.05, 0) is 32.6 Å². The average Bonchev–Trinajstić information content (AvgIpc) is 2.66. The molecule has 1 N–H and O–H groups in total. The zero-order valence-electron chi connectivity index (χ0n) is 17.7. The molecule has 0 bridgehead atoms. The second-order valence-corrected chi connectivity index (χ2v) is 5.70. The monoisotopic (exact) mass is 416 g/mol. The molecule has 5 nitrogen and oxygen atoms in total. The summed E-state index contributed by atoms with van der Waals surface area (Å²) in [6, 6.07) is 0. The molecule has 0 radical (unpaired) electrons. The first-order valence-electron chi connectivity index (χ1n) is 9.90. The highest BCUT2D eigenvalue weighted by Gasteiger charge is 2.06. The molecule has 2 aliphatic rings. The summed E-state index contributed by atoms with van der Waals surface area (Å²) < 4.78 is 37.3. The zero-order chi connectivity index (χ0) is 20.9. The number of nitrogens with one attached hydrogen (secondary N) is 1. The number of amides is 1. The fourth-order valence-corrected chi connectivity index (χ4v) is 2.29. The number of halogens is 4. The van der Waals surface area contributed by atoms with Gasteiger partial charge in [-0.25, -0.2) is 0 Å². The van der Waals surface area contributed by atoms with Crippen molar-refractivity contribution in [2.24, 2.45) is 4.99 Å². The van der Waals surface area contributed by atoms with Crippen molar-refractivity contribution in [3.8, 4) is 0 Å². The van der Waals surface area contributed by atoms with Gasteiger partial charge in [0.25, 0.3) is 0 Å². The van der Waals surface area contributed by atoms with E-state index in [2.05, 4.69) is 35.4 Å². The Labute approximate surface area is 167 Å². The van der Waals surface area contributed by atoms with Gasteiger partial charge in [0.15, 0.2) is 5.90 Å². The highest BCUT2D eigenvalue weighted by atomic mass is 19.4. The number of aliphatic imine (C=N–C) groups is 1. The van der Waals surface area contributed by atoms with E-state index < -0.39 is 7.54 Å². The summed E-state index contributed by atoms with van der Waals surface area (Å²) in [7, 11) is -3.67. The number of rotatable bonds is 4. The van der Waals surface area contributed by atoms with Crippen LogP contribution in [0.1, 0.15) is 66.2 Å². The molecule has 168 valence electrons. The fourth-order valence-electron chi connectivity index (χ4n) is 2.29. The van der Waals surface area contributed by atoms with E-state index in [0.717, 1.165) is 71.1 Å². The maximum atomic E-state index is 10.4. The Kier molecular flexibility index (Phi) is 26.6. The maximum Gasteiger partial charge on any atom is 0.762 e. The van der Waals surface area contributed by atoms with Crippen LogP contribution in [0.3, 0.4) is 0 Å². The molecule has 1 saturated heterocycles. The molecule has 2 rings (SSSR count). The summed E-state index contributed by atoms with van der Waals surface area (Å²) in [6.07, 6.45) is 6.50. The van der Waals surface area contributed by atoms with E-state index in [-0.39, 0.29) is 10.6 Å². The van der Waals surface area contributed by atoms with Crippen molar-refractivity contribution in [2.75, 3.05) is 39.5 Å². The van der Waals surface area contributed by atoms with Crippen molar-refractivity contribution in [3.05, 3.63) is 0 Å². The lowest BCUT2D eigenvalue weighted by Gasteiger charge is -2.11. The molecule has 0 aromatic rings. The summed E-state index contributed by atoms with van der Waals surface area (Å²) in [5, 5.41) is 2.74. The first kappa shape index (κ1) is 31.4. The van der Waals surface area contributed by atoms with Crippen LogP contribution >= 0.6 is 0 Å². The SMILES string of the molecule is CCOC1=NCCCC1.CC[O+](CC)CC.FB(F)F.O=C1CCCCN1.[F-]. The quantitative estimate of drug-likeness (QED) is 0.428. The number of piperidine rings is 1. The van der Waals surface area contributed by atoms with Crippen molar-refractivity contribution in [1.29, 1.82) is 0 Å². The normalized spacial score (nSPS) is 15.0. The summed E-state index contributed by atoms with van der Waals surface area (Å²) in [4.78, 5) is 14.6. The van der Waals surface area contributed by atoms with Crippen LogP contribution in [0.25, 0.3) is 0 Å². The third kappa shape index (κ3) is 24.7. The van der Waals surface area contributed by atoms with Crippen molar-refractivity contribution in [2.45, 2.75) is 66.2 Å². The molecule has 1 fully saturated rings. The van der Waals surface area contributed by atoms with Crippen LogP contribution in [-0.2, 0) is 13.9 Å². The van der Waals surface area contributed by atoms with Gasteiger partial charge in [0, 0.05) is 46.7 Å². The molecule has 0 saturated carbocycles. The lowest BCUT2D eigenvalue weighted by Crippen LogP contribution is -3.00. The Morgan fingerprint density at radius 2 is 1.54 bits per heavy atom. The van der Waals surface area contributed by atoms with Crippen LogP contribution in [0.5, 0.6) is 0 Å². The predicted octanol–water partition coefficient (Wildman–Crippen LogP) is 1.37. The van der Waals surface area contributed by atoms with Gasteiger partial charge in [0.1, 0.15) is 19.8 Å². The van der Waals surface area contributed by atoms with Crippen LogP contribution < -0.4 is 10.0 Å². The van der Waals surface area contributed by atoms with Crippen molar-refractivity contribution in [1.82, 2.24) is 5.32 Å². The first-order chi connectivity index (χ1) is 12.9. The smallest absolute Gasteiger partial charge is 0.762 e. The molecular weight excluding hydrogens is 379 g/mol. The van der Waals surface area contributed by atoms with Crippen LogP contribution in [0.2, 0.25) is 0 Å². The van der Waals surface area contributed by atoms with E-state index >= 15 is 0 Å². The van der Waals surface area contributed by atoms with E-state index in [1.165, 1.54) is 12.8 Å². The third-order valence-electron chi connectivity index (χ3n) is 3.78. The summed E-state index contributed by atoms with van der Waals surface area (Å²) >= 11 is 0. The van der Waals surface area contributed by atoms with E-state index in [0.29, 0.717) is 0 Å². The van der Waals surface area contributed by atoms with Crippen LogP contribution in [0, 0.1) is 0 Å². The molecule has 10 heteroatoms. The van der Waals surface area contributed by atoms with Crippen molar-refractivity contribution < 1.29 is 31.5 Å². The molecular formula is C18H37BF4N2O3. The molecule has 0 atom stereocenters. The van der Waals surface area contributed by atoms with Gasteiger partial charge in [0.2, 0.25) is 5.91 Å². The Balaban J connectivity index is -0.000000304. The minimum Gasteiger partial charge on any atom is -1.00 e. The fraction of sp³-hybridized carbons (Fsp3) is 0.889. The number of hydrogen-bond acceptors (Lipinski definition) is 3. The number of carbonyl (C=O) groups is 1. The highest BCUT2D eigenvalue weighted by Crippen LogP contribution is 2.06. The molecule has 0 spiro atoms. The van der Waals surface area contributed by atoms with Gasteiger partial charge in [-0.2, -0.15) is 0 Å². The van der Waals surface area contributed by atoms with E-state index in [1.807, 2.05) is 6.92 Å². The molecule has 2 aliphatic heterocycles. The lowest BCUT2D eigenvalue weighted by molar-refractivity contribution is -0.122. The molecule has 28 heavy (non-hydrogen) atoms. The second-order valence-electron chi connectivity index (χ2n) is 5.70. The minimum absolute atomic E-state index is 0. The molecule has 0 aliphatic carbocycles. The van der Waals surface area contributed by atoms with Crippen LogP contribution in [-0.4, -0.2) is 58.9 Å². The van der Waals surface area contributed by atoms with Gasteiger partial charge in [-0.3, -0.25) is 22.7 Å². The number of nitrogens with zero attached hydrogens (tertiary/aromatic N) is 1. The van der Waals surface area contributed by atoms with Gasteiger partial charge >= 0.3 is 7.54 Å². The lowest BCUT2D eigenvalue weighted by atomic mass is 10.2. The maximum absolute atomic E-state index is 10.4. The molecule has 0 unspecified atom stereocenters. The number of hydrogen-bond donors (Lipinski definition) is 1. The minimum atomic E-state index is -3.67.